The third kappa shape index (κ3) is 5.79. The van der Waals surface area contributed by atoms with Crippen LogP contribution < -0.4 is 16.0 Å². The molecule has 3 N–H and O–H groups in total. The van der Waals surface area contributed by atoms with Crippen LogP contribution in [-0.2, 0) is 11.3 Å². The molecule has 0 saturated heterocycles. The first-order valence-electron chi connectivity index (χ1n) is 8.07. The number of carbonyl (C=O) groups is 2. The predicted molar refractivity (Wildman–Crippen MR) is 91.2 cm³/mol. The van der Waals surface area contributed by atoms with Crippen LogP contribution >= 0.6 is 0 Å². The summed E-state index contributed by atoms with van der Waals surface area (Å²) in [6.45, 7) is 2.28. The summed E-state index contributed by atoms with van der Waals surface area (Å²) in [5, 5.41) is 8.13. The Kier molecular flexibility index (Phi) is 6.89. The van der Waals surface area contributed by atoms with Crippen molar-refractivity contribution < 1.29 is 14.0 Å². The van der Waals surface area contributed by atoms with E-state index in [0.717, 1.165) is 18.4 Å². The molecular formula is C18H23N3O3. The second-order valence-electron chi connectivity index (χ2n) is 5.44. The van der Waals surface area contributed by atoms with Crippen molar-refractivity contribution in [1.29, 1.82) is 0 Å². The van der Waals surface area contributed by atoms with Crippen LogP contribution in [0.1, 0.15) is 37.1 Å². The minimum Gasteiger partial charge on any atom is -0.467 e. The van der Waals surface area contributed by atoms with Crippen molar-refractivity contribution in [1.82, 2.24) is 16.0 Å². The lowest BCUT2D eigenvalue weighted by Gasteiger charge is -2.18. The highest BCUT2D eigenvalue weighted by atomic mass is 16.3. The fourth-order valence-corrected chi connectivity index (χ4v) is 2.35. The molecule has 0 aliphatic heterocycles. The van der Waals surface area contributed by atoms with E-state index in [9.17, 15) is 9.59 Å². The minimum atomic E-state index is -0.409. The van der Waals surface area contributed by atoms with E-state index >= 15 is 0 Å². The van der Waals surface area contributed by atoms with Crippen molar-refractivity contribution in [2.24, 2.45) is 0 Å². The third-order valence-electron chi connectivity index (χ3n) is 3.53. The first-order valence-corrected chi connectivity index (χ1v) is 8.07. The van der Waals surface area contributed by atoms with Crippen molar-refractivity contribution >= 4 is 11.9 Å². The van der Waals surface area contributed by atoms with Gasteiger partial charge in [-0.25, -0.2) is 4.79 Å². The Morgan fingerprint density at radius 1 is 1.08 bits per heavy atom. The van der Waals surface area contributed by atoms with Gasteiger partial charge in [-0.1, -0.05) is 43.7 Å². The molecule has 0 bridgehead atoms. The summed E-state index contributed by atoms with van der Waals surface area (Å²) in [5.74, 6) is 0.437. The van der Waals surface area contributed by atoms with E-state index < -0.39 is 6.03 Å². The molecule has 6 nitrogen and oxygen atoms in total. The summed E-state index contributed by atoms with van der Waals surface area (Å²) in [7, 11) is 0. The van der Waals surface area contributed by atoms with Gasteiger partial charge in [-0.15, -0.1) is 0 Å². The smallest absolute Gasteiger partial charge is 0.315 e. The van der Waals surface area contributed by atoms with E-state index in [0.29, 0.717) is 5.76 Å². The predicted octanol–water partition coefficient (Wildman–Crippen LogP) is 2.74. The van der Waals surface area contributed by atoms with Crippen LogP contribution in [-0.4, -0.2) is 18.5 Å². The van der Waals surface area contributed by atoms with E-state index in [4.69, 9.17) is 4.42 Å². The maximum atomic E-state index is 12.1. The van der Waals surface area contributed by atoms with Gasteiger partial charge in [0.15, 0.2) is 0 Å². The average Bonchev–Trinajstić information content (AvgIpc) is 3.12. The molecular weight excluding hydrogens is 306 g/mol. The second-order valence-corrected chi connectivity index (χ2v) is 5.44. The lowest BCUT2D eigenvalue weighted by molar-refractivity contribution is -0.120. The van der Waals surface area contributed by atoms with Gasteiger partial charge in [-0.3, -0.25) is 4.79 Å². The number of urea groups is 1. The number of rotatable bonds is 8. The molecule has 3 amide bonds. The monoisotopic (exact) mass is 329 g/mol. The molecule has 24 heavy (non-hydrogen) atoms. The van der Waals surface area contributed by atoms with Gasteiger partial charge in [0.25, 0.3) is 0 Å². The summed E-state index contributed by atoms with van der Waals surface area (Å²) in [4.78, 5) is 23.7. The topological polar surface area (TPSA) is 83.4 Å². The number of furan rings is 1. The molecule has 0 fully saturated rings. The van der Waals surface area contributed by atoms with Gasteiger partial charge in [0, 0.05) is 0 Å². The van der Waals surface area contributed by atoms with Gasteiger partial charge in [0.2, 0.25) is 5.91 Å². The number of hydrogen-bond donors (Lipinski definition) is 3. The zero-order valence-electron chi connectivity index (χ0n) is 13.7. The van der Waals surface area contributed by atoms with E-state index in [1.807, 2.05) is 30.3 Å². The average molecular weight is 329 g/mol. The fourth-order valence-electron chi connectivity index (χ4n) is 2.35. The molecule has 0 aliphatic carbocycles. The summed E-state index contributed by atoms with van der Waals surface area (Å²) in [6.07, 6.45) is 3.34. The Morgan fingerprint density at radius 2 is 1.88 bits per heavy atom. The van der Waals surface area contributed by atoms with E-state index in [2.05, 4.69) is 22.9 Å². The van der Waals surface area contributed by atoms with Crippen LogP contribution in [0.2, 0.25) is 0 Å². The molecule has 1 aromatic carbocycles. The Balaban J connectivity index is 1.75. The number of nitrogens with one attached hydrogen (secondary N) is 3. The normalized spacial score (nSPS) is 11.5. The molecule has 1 aromatic heterocycles. The van der Waals surface area contributed by atoms with E-state index in [-0.39, 0.29) is 25.0 Å². The largest absolute Gasteiger partial charge is 0.467 e. The SMILES string of the molecule is CCCC(NC(=O)CNC(=O)NCc1ccco1)c1ccccc1. The van der Waals surface area contributed by atoms with Crippen LogP contribution in [0.25, 0.3) is 0 Å². The highest BCUT2D eigenvalue weighted by Gasteiger charge is 2.14. The van der Waals surface area contributed by atoms with Crippen molar-refractivity contribution in [2.75, 3.05) is 6.54 Å². The van der Waals surface area contributed by atoms with Crippen LogP contribution in [0.4, 0.5) is 4.79 Å². The number of benzene rings is 1. The van der Waals surface area contributed by atoms with E-state index in [1.165, 1.54) is 0 Å². The molecule has 128 valence electrons. The molecule has 0 saturated carbocycles. The minimum absolute atomic E-state index is 0.0447. The molecule has 1 atom stereocenters. The van der Waals surface area contributed by atoms with Crippen molar-refractivity contribution in [3.05, 3.63) is 60.1 Å². The Hall–Kier alpha value is -2.76. The van der Waals surface area contributed by atoms with Crippen LogP contribution in [0.5, 0.6) is 0 Å². The Morgan fingerprint density at radius 3 is 2.54 bits per heavy atom. The zero-order chi connectivity index (χ0) is 17.2. The van der Waals surface area contributed by atoms with E-state index in [1.54, 1.807) is 18.4 Å². The lowest BCUT2D eigenvalue weighted by Crippen LogP contribution is -2.42. The molecule has 0 aliphatic rings. The van der Waals surface area contributed by atoms with Gasteiger partial charge < -0.3 is 20.4 Å². The summed E-state index contributed by atoms with van der Waals surface area (Å²) >= 11 is 0. The van der Waals surface area contributed by atoms with Crippen LogP contribution in [0.15, 0.2) is 53.1 Å². The molecule has 6 heteroatoms. The molecule has 0 radical (unpaired) electrons. The highest BCUT2D eigenvalue weighted by Crippen LogP contribution is 2.17. The van der Waals surface area contributed by atoms with Gasteiger partial charge in [0.05, 0.1) is 25.4 Å². The first-order chi connectivity index (χ1) is 11.7. The fraction of sp³-hybridized carbons (Fsp3) is 0.333. The maximum absolute atomic E-state index is 12.1. The summed E-state index contributed by atoms with van der Waals surface area (Å²) in [5.41, 5.74) is 1.06. The van der Waals surface area contributed by atoms with Gasteiger partial charge in [-0.2, -0.15) is 0 Å². The quantitative estimate of drug-likeness (QED) is 0.696. The van der Waals surface area contributed by atoms with Crippen molar-refractivity contribution in [3.8, 4) is 0 Å². The van der Waals surface area contributed by atoms with Crippen LogP contribution in [0, 0.1) is 0 Å². The van der Waals surface area contributed by atoms with Gasteiger partial charge in [0.1, 0.15) is 5.76 Å². The summed E-state index contributed by atoms with van der Waals surface area (Å²) < 4.78 is 5.12. The number of amides is 3. The molecule has 1 unspecified atom stereocenters. The molecule has 2 rings (SSSR count). The van der Waals surface area contributed by atoms with Crippen molar-refractivity contribution in [2.45, 2.75) is 32.4 Å². The lowest BCUT2D eigenvalue weighted by atomic mass is 10.0. The molecule has 2 aromatic rings. The Bertz CT molecular complexity index is 626. The maximum Gasteiger partial charge on any atom is 0.315 e. The molecule has 1 heterocycles. The third-order valence-corrected chi connectivity index (χ3v) is 3.53. The second kappa shape index (κ2) is 9.39. The van der Waals surface area contributed by atoms with Gasteiger partial charge >= 0.3 is 6.03 Å². The van der Waals surface area contributed by atoms with Gasteiger partial charge in [-0.05, 0) is 24.1 Å². The van der Waals surface area contributed by atoms with Crippen molar-refractivity contribution in [3.63, 3.8) is 0 Å². The van der Waals surface area contributed by atoms with Crippen LogP contribution in [0.3, 0.4) is 0 Å². The number of hydrogen-bond acceptors (Lipinski definition) is 3. The highest BCUT2D eigenvalue weighted by molar-refractivity contribution is 5.84. The first kappa shape index (κ1) is 17.6. The summed E-state index contributed by atoms with van der Waals surface area (Å²) in [6, 6.07) is 12.9. The zero-order valence-corrected chi connectivity index (χ0v) is 13.7. The Labute approximate surface area is 141 Å². The number of carbonyl (C=O) groups excluding carboxylic acids is 2. The standard InChI is InChI=1S/C18H23N3O3/c1-2-7-16(14-8-4-3-5-9-14)21-17(22)13-20-18(23)19-12-15-10-6-11-24-15/h3-6,8-11,16H,2,7,12-13H2,1H3,(H,21,22)(H2,19,20,23). The molecule has 0 spiro atoms.